The fraction of sp³-hybridized carbons (Fsp3) is 0. The third-order valence-corrected chi connectivity index (χ3v) is 3.28. The van der Waals surface area contributed by atoms with Gasteiger partial charge in [0.1, 0.15) is 16.5 Å². The Bertz CT molecular complexity index is 611. The van der Waals surface area contributed by atoms with Gasteiger partial charge in [-0.3, -0.25) is 0 Å². The zero-order valence-corrected chi connectivity index (χ0v) is 9.65. The maximum absolute atomic E-state index is 9.23. The van der Waals surface area contributed by atoms with Gasteiger partial charge in [-0.15, -0.1) is 11.3 Å². The third kappa shape index (κ3) is 1.94. The minimum absolute atomic E-state index is 0.261. The van der Waals surface area contributed by atoms with E-state index in [0.717, 1.165) is 22.0 Å². The summed E-state index contributed by atoms with van der Waals surface area (Å²) < 4.78 is 5.29. The van der Waals surface area contributed by atoms with E-state index in [0.29, 0.717) is 0 Å². The summed E-state index contributed by atoms with van der Waals surface area (Å²) in [4.78, 5) is 4.50. The van der Waals surface area contributed by atoms with Crippen LogP contribution in [0.4, 0.5) is 0 Å². The largest absolute Gasteiger partial charge is 0.508 e. The van der Waals surface area contributed by atoms with Gasteiger partial charge in [-0.2, -0.15) is 0 Å². The number of rotatable bonds is 2. The van der Waals surface area contributed by atoms with Crippen molar-refractivity contribution in [3.8, 4) is 27.8 Å². The van der Waals surface area contributed by atoms with Crippen LogP contribution in [-0.4, -0.2) is 10.1 Å². The van der Waals surface area contributed by atoms with Gasteiger partial charge in [0.15, 0.2) is 5.76 Å². The van der Waals surface area contributed by atoms with Crippen molar-refractivity contribution < 1.29 is 9.52 Å². The molecule has 2 aromatic heterocycles. The second kappa shape index (κ2) is 4.07. The van der Waals surface area contributed by atoms with Crippen molar-refractivity contribution in [2.75, 3.05) is 0 Å². The normalized spacial score (nSPS) is 10.6. The van der Waals surface area contributed by atoms with Crippen LogP contribution in [0.25, 0.3) is 22.0 Å². The maximum atomic E-state index is 9.23. The van der Waals surface area contributed by atoms with E-state index >= 15 is 0 Å². The van der Waals surface area contributed by atoms with Crippen LogP contribution in [0.1, 0.15) is 0 Å². The first-order valence-electron chi connectivity index (χ1n) is 5.12. The Hall–Kier alpha value is -2.07. The monoisotopic (exact) mass is 243 g/mol. The van der Waals surface area contributed by atoms with E-state index in [1.54, 1.807) is 29.7 Å². The molecule has 0 aliphatic heterocycles. The van der Waals surface area contributed by atoms with E-state index in [1.165, 1.54) is 0 Å². The number of nitrogens with zero attached hydrogens (tertiary/aromatic N) is 1. The molecular weight excluding hydrogens is 234 g/mol. The summed E-state index contributed by atoms with van der Waals surface area (Å²) in [5.41, 5.74) is 1.83. The highest BCUT2D eigenvalue weighted by Crippen LogP contribution is 2.29. The molecule has 0 saturated carbocycles. The Morgan fingerprint density at radius 3 is 2.65 bits per heavy atom. The predicted molar refractivity (Wildman–Crippen MR) is 66.9 cm³/mol. The van der Waals surface area contributed by atoms with Crippen LogP contribution in [0.3, 0.4) is 0 Å². The molecule has 84 valence electrons. The Balaban J connectivity index is 1.98. The highest BCUT2D eigenvalue weighted by Gasteiger charge is 2.08. The molecule has 0 aliphatic rings. The molecular formula is C13H9NO2S. The number of phenols is 1. The molecule has 4 heteroatoms. The highest BCUT2D eigenvalue weighted by atomic mass is 32.1. The van der Waals surface area contributed by atoms with Crippen molar-refractivity contribution >= 4 is 11.3 Å². The van der Waals surface area contributed by atoms with Gasteiger partial charge in [0.2, 0.25) is 0 Å². The summed E-state index contributed by atoms with van der Waals surface area (Å²) in [5.74, 6) is 1.03. The average molecular weight is 243 g/mol. The number of thiazole rings is 1. The van der Waals surface area contributed by atoms with Crippen LogP contribution in [0.15, 0.2) is 52.5 Å². The molecule has 0 atom stereocenters. The van der Waals surface area contributed by atoms with Crippen molar-refractivity contribution in [2.45, 2.75) is 0 Å². The van der Waals surface area contributed by atoms with Crippen LogP contribution in [0.2, 0.25) is 0 Å². The number of benzene rings is 1. The third-order valence-electron chi connectivity index (χ3n) is 2.39. The first-order chi connectivity index (χ1) is 8.33. The van der Waals surface area contributed by atoms with E-state index in [1.807, 2.05) is 29.6 Å². The van der Waals surface area contributed by atoms with Crippen molar-refractivity contribution in [1.82, 2.24) is 4.98 Å². The minimum atomic E-state index is 0.261. The molecule has 0 amide bonds. The molecule has 0 fully saturated rings. The number of furan rings is 1. The zero-order valence-electron chi connectivity index (χ0n) is 8.83. The van der Waals surface area contributed by atoms with Crippen molar-refractivity contribution in [3.63, 3.8) is 0 Å². The van der Waals surface area contributed by atoms with Gasteiger partial charge < -0.3 is 9.52 Å². The molecule has 1 aromatic carbocycles. The number of hydrogen-bond donors (Lipinski definition) is 1. The highest BCUT2D eigenvalue weighted by molar-refractivity contribution is 7.13. The molecule has 3 nitrogen and oxygen atoms in total. The molecule has 0 unspecified atom stereocenters. The summed E-state index contributed by atoms with van der Waals surface area (Å²) >= 11 is 1.55. The molecule has 0 radical (unpaired) electrons. The van der Waals surface area contributed by atoms with Gasteiger partial charge in [0.25, 0.3) is 0 Å². The van der Waals surface area contributed by atoms with Gasteiger partial charge in [-0.05, 0) is 36.4 Å². The van der Waals surface area contributed by atoms with Crippen LogP contribution in [0, 0.1) is 0 Å². The van der Waals surface area contributed by atoms with Crippen LogP contribution < -0.4 is 0 Å². The van der Waals surface area contributed by atoms with Gasteiger partial charge >= 0.3 is 0 Å². The number of hydrogen-bond acceptors (Lipinski definition) is 4. The second-order valence-corrected chi connectivity index (χ2v) is 4.42. The standard InChI is InChI=1S/C13H9NO2S/c15-10-5-3-9(4-6-10)13-14-11(8-17-13)12-2-1-7-16-12/h1-8,15H. The SMILES string of the molecule is Oc1ccc(-c2nc(-c3ccco3)cs2)cc1. The first kappa shape index (κ1) is 10.1. The molecule has 3 rings (SSSR count). The van der Waals surface area contributed by atoms with Crippen LogP contribution in [0.5, 0.6) is 5.75 Å². The molecule has 1 N–H and O–H groups in total. The smallest absolute Gasteiger partial charge is 0.153 e. The Labute approximate surface area is 102 Å². The van der Waals surface area contributed by atoms with Crippen molar-refractivity contribution in [2.24, 2.45) is 0 Å². The van der Waals surface area contributed by atoms with Gasteiger partial charge in [-0.1, -0.05) is 0 Å². The zero-order chi connectivity index (χ0) is 11.7. The van der Waals surface area contributed by atoms with E-state index in [9.17, 15) is 5.11 Å². The first-order valence-corrected chi connectivity index (χ1v) is 6.00. The minimum Gasteiger partial charge on any atom is -0.508 e. The second-order valence-electron chi connectivity index (χ2n) is 3.56. The average Bonchev–Trinajstić information content (AvgIpc) is 3.00. The van der Waals surface area contributed by atoms with Gasteiger partial charge in [-0.25, -0.2) is 4.98 Å². The molecule has 0 saturated heterocycles. The molecule has 0 spiro atoms. The lowest BCUT2D eigenvalue weighted by molar-refractivity contribution is 0.475. The molecule has 2 heterocycles. The topological polar surface area (TPSA) is 46.3 Å². The fourth-order valence-corrected chi connectivity index (χ4v) is 2.36. The molecule has 3 aromatic rings. The Morgan fingerprint density at radius 1 is 1.12 bits per heavy atom. The van der Waals surface area contributed by atoms with E-state index in [4.69, 9.17) is 4.42 Å². The summed E-state index contributed by atoms with van der Waals surface area (Å²) in [6, 6.07) is 10.7. The Kier molecular flexibility index (Phi) is 2.42. The van der Waals surface area contributed by atoms with Crippen LogP contribution in [-0.2, 0) is 0 Å². The number of aromatic hydroxyl groups is 1. The van der Waals surface area contributed by atoms with Crippen molar-refractivity contribution in [1.29, 1.82) is 0 Å². The summed E-state index contributed by atoms with van der Waals surface area (Å²) in [6.07, 6.45) is 1.63. The number of phenolic OH excluding ortho intramolecular Hbond substituents is 1. The lowest BCUT2D eigenvalue weighted by Gasteiger charge is -1.95. The summed E-state index contributed by atoms with van der Waals surface area (Å²) in [6.45, 7) is 0. The lowest BCUT2D eigenvalue weighted by Crippen LogP contribution is -1.77. The van der Waals surface area contributed by atoms with Crippen LogP contribution >= 0.6 is 11.3 Å². The molecule has 0 aliphatic carbocycles. The Morgan fingerprint density at radius 2 is 1.94 bits per heavy atom. The van der Waals surface area contributed by atoms with E-state index in [2.05, 4.69) is 4.98 Å². The number of aromatic nitrogens is 1. The van der Waals surface area contributed by atoms with E-state index < -0.39 is 0 Å². The van der Waals surface area contributed by atoms with E-state index in [-0.39, 0.29) is 5.75 Å². The molecule has 0 bridgehead atoms. The fourth-order valence-electron chi connectivity index (χ4n) is 1.55. The molecule has 17 heavy (non-hydrogen) atoms. The summed E-state index contributed by atoms with van der Waals surface area (Å²) in [5, 5.41) is 12.1. The van der Waals surface area contributed by atoms with Gasteiger partial charge in [0.05, 0.1) is 6.26 Å². The maximum Gasteiger partial charge on any atom is 0.153 e. The summed E-state index contributed by atoms with van der Waals surface area (Å²) in [7, 11) is 0. The predicted octanol–water partition coefficient (Wildman–Crippen LogP) is 3.78. The lowest BCUT2D eigenvalue weighted by atomic mass is 10.2. The quantitative estimate of drug-likeness (QED) is 0.745. The van der Waals surface area contributed by atoms with Crippen molar-refractivity contribution in [3.05, 3.63) is 48.0 Å². The van der Waals surface area contributed by atoms with Gasteiger partial charge in [0, 0.05) is 10.9 Å².